The lowest BCUT2D eigenvalue weighted by Crippen LogP contribution is -2.49. The number of nitrogens with zero attached hydrogens (tertiary/aromatic N) is 2. The lowest BCUT2D eigenvalue weighted by molar-refractivity contribution is -0.152. The van der Waals surface area contributed by atoms with Crippen LogP contribution >= 0.6 is 0 Å². The van der Waals surface area contributed by atoms with Crippen LogP contribution in [-0.2, 0) is 14.3 Å². The molecule has 0 N–H and O–H groups in total. The van der Waals surface area contributed by atoms with Crippen molar-refractivity contribution in [3.05, 3.63) is 24.2 Å². The Labute approximate surface area is 153 Å². The number of hydrogen-bond donors (Lipinski definition) is 0. The number of esters is 1. The number of ether oxygens (including phenoxy) is 1. The summed E-state index contributed by atoms with van der Waals surface area (Å²) in [5.41, 5.74) is 0.522. The molecule has 2 saturated heterocycles. The summed E-state index contributed by atoms with van der Waals surface area (Å²) < 4.78 is 10.1. The van der Waals surface area contributed by atoms with Crippen molar-refractivity contribution >= 4 is 17.8 Å². The van der Waals surface area contributed by atoms with Gasteiger partial charge in [-0.1, -0.05) is 0 Å². The van der Waals surface area contributed by atoms with Crippen LogP contribution in [-0.4, -0.2) is 60.4 Å². The molecule has 3 rings (SSSR count). The topological polar surface area (TPSA) is 80.1 Å². The molecule has 142 valence electrons. The maximum absolute atomic E-state index is 12.9. The zero-order chi connectivity index (χ0) is 18.5. The van der Waals surface area contributed by atoms with Crippen molar-refractivity contribution in [3.8, 4) is 0 Å². The highest BCUT2D eigenvalue weighted by molar-refractivity contribution is 5.94. The van der Waals surface area contributed by atoms with E-state index in [0.717, 1.165) is 12.8 Å². The van der Waals surface area contributed by atoms with Gasteiger partial charge in [0.15, 0.2) is 0 Å². The minimum absolute atomic E-state index is 0.0859. The van der Waals surface area contributed by atoms with Gasteiger partial charge in [-0.15, -0.1) is 0 Å². The molecule has 1 unspecified atom stereocenters. The van der Waals surface area contributed by atoms with Gasteiger partial charge in [-0.25, -0.2) is 0 Å². The van der Waals surface area contributed by atoms with Gasteiger partial charge in [0, 0.05) is 26.2 Å². The van der Waals surface area contributed by atoms with E-state index >= 15 is 0 Å². The third kappa shape index (κ3) is 4.08. The van der Waals surface area contributed by atoms with Crippen LogP contribution in [0.5, 0.6) is 0 Å². The van der Waals surface area contributed by atoms with E-state index in [9.17, 15) is 14.4 Å². The molecule has 0 saturated carbocycles. The molecule has 0 radical (unpaired) electrons. The van der Waals surface area contributed by atoms with Crippen LogP contribution in [0.1, 0.15) is 43.0 Å². The summed E-state index contributed by atoms with van der Waals surface area (Å²) in [4.78, 5) is 40.7. The molecule has 2 fully saturated rings. The third-order valence-corrected chi connectivity index (χ3v) is 5.25. The van der Waals surface area contributed by atoms with E-state index in [1.165, 1.54) is 12.5 Å². The number of furan rings is 1. The van der Waals surface area contributed by atoms with Gasteiger partial charge < -0.3 is 19.0 Å². The Bertz CT molecular complexity index is 634. The van der Waals surface area contributed by atoms with Crippen LogP contribution < -0.4 is 0 Å². The molecule has 0 bridgehead atoms. The van der Waals surface area contributed by atoms with Crippen molar-refractivity contribution in [2.24, 2.45) is 11.8 Å². The first-order chi connectivity index (χ1) is 12.6. The molecule has 1 atom stereocenters. The number of rotatable bonds is 4. The molecule has 1 aromatic rings. The molecule has 3 heterocycles. The van der Waals surface area contributed by atoms with Crippen LogP contribution in [0, 0.1) is 11.8 Å². The Kier molecular flexibility index (Phi) is 5.96. The van der Waals surface area contributed by atoms with Gasteiger partial charge in [0.05, 0.1) is 30.3 Å². The van der Waals surface area contributed by atoms with Gasteiger partial charge in [0.25, 0.3) is 5.91 Å². The Morgan fingerprint density at radius 1 is 1.12 bits per heavy atom. The largest absolute Gasteiger partial charge is 0.472 e. The minimum atomic E-state index is -0.168. The summed E-state index contributed by atoms with van der Waals surface area (Å²) in [7, 11) is 0. The van der Waals surface area contributed by atoms with Gasteiger partial charge >= 0.3 is 5.97 Å². The quantitative estimate of drug-likeness (QED) is 0.765. The molecule has 2 aliphatic heterocycles. The first kappa shape index (κ1) is 18.5. The summed E-state index contributed by atoms with van der Waals surface area (Å²) in [5, 5.41) is 0. The lowest BCUT2D eigenvalue weighted by atomic mass is 9.92. The highest BCUT2D eigenvalue weighted by Gasteiger charge is 2.34. The smallest absolute Gasteiger partial charge is 0.309 e. The van der Waals surface area contributed by atoms with Gasteiger partial charge in [-0.3, -0.25) is 14.4 Å². The van der Waals surface area contributed by atoms with Crippen molar-refractivity contribution in [2.45, 2.75) is 32.6 Å². The average Bonchev–Trinajstić information content (AvgIpc) is 3.22. The summed E-state index contributed by atoms with van der Waals surface area (Å²) >= 11 is 0. The fraction of sp³-hybridized carbons (Fsp3) is 0.632. The van der Waals surface area contributed by atoms with Crippen LogP contribution in [0.2, 0.25) is 0 Å². The van der Waals surface area contributed by atoms with E-state index in [1.54, 1.807) is 17.9 Å². The van der Waals surface area contributed by atoms with Crippen molar-refractivity contribution in [1.29, 1.82) is 0 Å². The normalized spacial score (nSPS) is 21.5. The standard InChI is InChI=1S/C19H26N2O5/c1-2-26-19(24)14-5-9-20(10-6-14)17(22)15-4-3-8-21(12-15)18(23)16-7-11-25-13-16/h7,11,13-15H,2-6,8-10,12H2,1H3. The predicted molar refractivity (Wildman–Crippen MR) is 93.3 cm³/mol. The van der Waals surface area contributed by atoms with E-state index in [4.69, 9.17) is 9.15 Å². The second kappa shape index (κ2) is 8.38. The Balaban J connectivity index is 1.53. The third-order valence-electron chi connectivity index (χ3n) is 5.25. The molecule has 1 aromatic heterocycles. The van der Waals surface area contributed by atoms with Crippen molar-refractivity contribution < 1.29 is 23.5 Å². The number of amides is 2. The van der Waals surface area contributed by atoms with E-state index in [2.05, 4.69) is 0 Å². The van der Waals surface area contributed by atoms with Crippen molar-refractivity contribution in [3.63, 3.8) is 0 Å². The second-order valence-corrected chi connectivity index (χ2v) is 6.95. The highest BCUT2D eigenvalue weighted by Crippen LogP contribution is 2.24. The number of likely N-dealkylation sites (tertiary alicyclic amines) is 2. The van der Waals surface area contributed by atoms with E-state index in [-0.39, 0.29) is 29.6 Å². The molecule has 7 heteroatoms. The maximum atomic E-state index is 12.9. The van der Waals surface area contributed by atoms with Gasteiger partial charge in [0.2, 0.25) is 5.91 Å². The van der Waals surface area contributed by atoms with Crippen LogP contribution in [0.4, 0.5) is 0 Å². The van der Waals surface area contributed by atoms with Gasteiger partial charge in [-0.05, 0) is 38.7 Å². The molecule has 0 aliphatic carbocycles. The summed E-state index contributed by atoms with van der Waals surface area (Å²) in [6.07, 6.45) is 5.83. The first-order valence-corrected chi connectivity index (χ1v) is 9.37. The first-order valence-electron chi connectivity index (χ1n) is 9.37. The summed E-state index contributed by atoms with van der Waals surface area (Å²) in [6, 6.07) is 1.65. The van der Waals surface area contributed by atoms with E-state index < -0.39 is 0 Å². The van der Waals surface area contributed by atoms with Crippen molar-refractivity contribution in [2.75, 3.05) is 32.8 Å². The zero-order valence-corrected chi connectivity index (χ0v) is 15.2. The molecular formula is C19H26N2O5. The predicted octanol–water partition coefficient (Wildman–Crippen LogP) is 1.93. The molecule has 7 nitrogen and oxygen atoms in total. The second-order valence-electron chi connectivity index (χ2n) is 6.95. The molecule has 0 spiro atoms. The summed E-state index contributed by atoms with van der Waals surface area (Å²) in [6.45, 7) is 4.46. The monoisotopic (exact) mass is 362 g/mol. The van der Waals surface area contributed by atoms with E-state index in [1.807, 2.05) is 4.90 Å². The minimum Gasteiger partial charge on any atom is -0.472 e. The molecule has 26 heavy (non-hydrogen) atoms. The molecular weight excluding hydrogens is 336 g/mol. The Morgan fingerprint density at radius 2 is 1.88 bits per heavy atom. The average molecular weight is 362 g/mol. The fourth-order valence-corrected chi connectivity index (χ4v) is 3.79. The fourth-order valence-electron chi connectivity index (χ4n) is 3.79. The van der Waals surface area contributed by atoms with E-state index in [0.29, 0.717) is 51.2 Å². The van der Waals surface area contributed by atoms with Crippen LogP contribution in [0.25, 0.3) is 0 Å². The lowest BCUT2D eigenvalue weighted by Gasteiger charge is -2.37. The van der Waals surface area contributed by atoms with Gasteiger partial charge in [0.1, 0.15) is 6.26 Å². The molecule has 2 aliphatic rings. The van der Waals surface area contributed by atoms with Crippen LogP contribution in [0.15, 0.2) is 23.0 Å². The number of piperidine rings is 2. The number of carbonyl (C=O) groups is 3. The maximum Gasteiger partial charge on any atom is 0.309 e. The molecule has 2 amide bonds. The molecule has 0 aromatic carbocycles. The Morgan fingerprint density at radius 3 is 2.54 bits per heavy atom. The number of hydrogen-bond acceptors (Lipinski definition) is 5. The van der Waals surface area contributed by atoms with Crippen LogP contribution in [0.3, 0.4) is 0 Å². The number of carbonyl (C=O) groups excluding carboxylic acids is 3. The van der Waals surface area contributed by atoms with Crippen molar-refractivity contribution in [1.82, 2.24) is 9.80 Å². The zero-order valence-electron chi connectivity index (χ0n) is 15.2. The SMILES string of the molecule is CCOC(=O)C1CCN(C(=O)C2CCCN(C(=O)c3ccoc3)C2)CC1. The Hall–Kier alpha value is -2.31. The highest BCUT2D eigenvalue weighted by atomic mass is 16.5. The van der Waals surface area contributed by atoms with Gasteiger partial charge in [-0.2, -0.15) is 0 Å². The summed E-state index contributed by atoms with van der Waals surface area (Å²) in [5.74, 6) is -0.424.